The standard InChI is InChI=1S/C16H11F2N5O4/c17-16(18)22-14(3-5-20-22)15(24)21-10-6-11(23(25)26)8-13(7-10)27-12-2-1-4-19-9-12/h1-9,16H,(H,21,24). The molecule has 0 unspecified atom stereocenters. The lowest BCUT2D eigenvalue weighted by atomic mass is 10.2. The Morgan fingerprint density at radius 2 is 2.04 bits per heavy atom. The number of nitro groups is 1. The average molecular weight is 375 g/mol. The summed E-state index contributed by atoms with van der Waals surface area (Å²) in [6.07, 6.45) is 3.97. The number of pyridine rings is 1. The number of nitro benzene ring substituents is 1. The number of alkyl halides is 2. The number of ether oxygens (including phenoxy) is 1. The van der Waals surface area contributed by atoms with Crippen LogP contribution in [0.25, 0.3) is 0 Å². The zero-order valence-electron chi connectivity index (χ0n) is 13.5. The van der Waals surface area contributed by atoms with Crippen molar-refractivity contribution in [2.24, 2.45) is 0 Å². The number of rotatable bonds is 6. The normalized spacial score (nSPS) is 10.6. The Morgan fingerprint density at radius 3 is 2.70 bits per heavy atom. The molecule has 0 atom stereocenters. The summed E-state index contributed by atoms with van der Waals surface area (Å²) in [5.74, 6) is -0.512. The van der Waals surface area contributed by atoms with Gasteiger partial charge in [-0.2, -0.15) is 18.6 Å². The van der Waals surface area contributed by atoms with Crippen molar-refractivity contribution in [3.8, 4) is 11.5 Å². The Labute approximate surface area is 150 Å². The molecule has 0 aliphatic carbocycles. The van der Waals surface area contributed by atoms with Gasteiger partial charge in [-0.1, -0.05) is 0 Å². The number of halogens is 2. The number of nitrogens with one attached hydrogen (secondary N) is 1. The molecule has 1 N–H and O–H groups in total. The molecular weight excluding hydrogens is 364 g/mol. The predicted octanol–water partition coefficient (Wildman–Crippen LogP) is 3.63. The number of amides is 1. The first-order valence-electron chi connectivity index (χ1n) is 7.44. The molecular formula is C16H11F2N5O4. The van der Waals surface area contributed by atoms with Gasteiger partial charge in [-0.3, -0.25) is 19.9 Å². The van der Waals surface area contributed by atoms with Gasteiger partial charge in [-0.15, -0.1) is 0 Å². The van der Waals surface area contributed by atoms with E-state index in [1.807, 2.05) is 0 Å². The fourth-order valence-electron chi connectivity index (χ4n) is 2.21. The summed E-state index contributed by atoms with van der Waals surface area (Å²) in [5, 5.41) is 16.8. The van der Waals surface area contributed by atoms with E-state index < -0.39 is 23.1 Å². The minimum atomic E-state index is -3.00. The van der Waals surface area contributed by atoms with E-state index in [9.17, 15) is 23.7 Å². The molecule has 11 heteroatoms. The Balaban J connectivity index is 1.89. The number of nitrogens with zero attached hydrogens (tertiary/aromatic N) is 4. The van der Waals surface area contributed by atoms with Crippen molar-refractivity contribution in [2.45, 2.75) is 6.55 Å². The third kappa shape index (κ3) is 4.21. The summed E-state index contributed by atoms with van der Waals surface area (Å²) in [4.78, 5) is 26.5. The second-order valence-corrected chi connectivity index (χ2v) is 5.16. The molecule has 0 radical (unpaired) electrons. The van der Waals surface area contributed by atoms with Crippen molar-refractivity contribution >= 4 is 17.3 Å². The summed E-state index contributed by atoms with van der Waals surface area (Å²) < 4.78 is 31.4. The molecule has 0 bridgehead atoms. The highest BCUT2D eigenvalue weighted by molar-refractivity contribution is 6.03. The van der Waals surface area contributed by atoms with E-state index in [1.54, 1.807) is 12.1 Å². The first kappa shape index (κ1) is 17.9. The number of carbonyl (C=O) groups is 1. The minimum Gasteiger partial charge on any atom is -0.455 e. The number of carbonyl (C=O) groups excluding carboxylic acids is 1. The lowest BCUT2D eigenvalue weighted by Gasteiger charge is -2.10. The average Bonchev–Trinajstić information content (AvgIpc) is 3.12. The molecule has 1 amide bonds. The zero-order valence-corrected chi connectivity index (χ0v) is 13.5. The number of hydrogen-bond donors (Lipinski definition) is 1. The molecule has 138 valence electrons. The maximum atomic E-state index is 12.8. The van der Waals surface area contributed by atoms with Crippen LogP contribution in [-0.4, -0.2) is 25.6 Å². The Morgan fingerprint density at radius 1 is 1.22 bits per heavy atom. The molecule has 2 aromatic heterocycles. The summed E-state index contributed by atoms with van der Waals surface area (Å²) in [7, 11) is 0. The first-order chi connectivity index (χ1) is 12.9. The second-order valence-electron chi connectivity index (χ2n) is 5.16. The molecule has 0 saturated heterocycles. The van der Waals surface area contributed by atoms with Gasteiger partial charge < -0.3 is 10.1 Å². The van der Waals surface area contributed by atoms with Crippen LogP contribution >= 0.6 is 0 Å². The zero-order chi connectivity index (χ0) is 19.4. The summed E-state index contributed by atoms with van der Waals surface area (Å²) in [6, 6.07) is 7.86. The smallest absolute Gasteiger partial charge is 0.333 e. The molecule has 3 aromatic rings. The molecule has 0 spiro atoms. The van der Waals surface area contributed by atoms with E-state index in [2.05, 4.69) is 15.4 Å². The Kier molecular flexibility index (Phi) is 5.01. The molecule has 0 aliphatic heterocycles. The SMILES string of the molecule is O=C(Nc1cc(Oc2cccnc2)cc([N+](=O)[O-])c1)c1ccnn1C(F)F. The number of non-ortho nitro benzene ring substituents is 1. The second kappa shape index (κ2) is 7.56. The van der Waals surface area contributed by atoms with Crippen LogP contribution in [0.15, 0.2) is 55.0 Å². The van der Waals surface area contributed by atoms with Crippen LogP contribution in [0.2, 0.25) is 0 Å². The third-order valence-corrected chi connectivity index (χ3v) is 3.32. The first-order valence-corrected chi connectivity index (χ1v) is 7.44. The highest BCUT2D eigenvalue weighted by Gasteiger charge is 2.19. The van der Waals surface area contributed by atoms with Crippen LogP contribution in [0.5, 0.6) is 11.5 Å². The Bertz CT molecular complexity index is 978. The molecule has 9 nitrogen and oxygen atoms in total. The van der Waals surface area contributed by atoms with Crippen LogP contribution in [-0.2, 0) is 0 Å². The number of anilines is 1. The van der Waals surface area contributed by atoms with Crippen molar-refractivity contribution in [1.82, 2.24) is 14.8 Å². The van der Waals surface area contributed by atoms with Gasteiger partial charge in [-0.05, 0) is 18.2 Å². The van der Waals surface area contributed by atoms with Gasteiger partial charge >= 0.3 is 6.55 Å². The number of aromatic nitrogens is 3. The number of benzene rings is 1. The molecule has 3 rings (SSSR count). The molecule has 2 heterocycles. The van der Waals surface area contributed by atoms with E-state index in [0.717, 1.165) is 24.4 Å². The van der Waals surface area contributed by atoms with Gasteiger partial charge in [0.05, 0.1) is 22.9 Å². The molecule has 0 saturated carbocycles. The van der Waals surface area contributed by atoms with Gasteiger partial charge in [0, 0.05) is 24.5 Å². The van der Waals surface area contributed by atoms with Crippen molar-refractivity contribution in [3.05, 3.63) is 70.8 Å². The lowest BCUT2D eigenvalue weighted by Crippen LogP contribution is -2.18. The molecule has 0 aliphatic rings. The minimum absolute atomic E-state index is 0.00453. The van der Waals surface area contributed by atoms with E-state index >= 15 is 0 Å². The highest BCUT2D eigenvalue weighted by Crippen LogP contribution is 2.29. The summed E-state index contributed by atoms with van der Waals surface area (Å²) >= 11 is 0. The maximum absolute atomic E-state index is 12.8. The van der Waals surface area contributed by atoms with Gasteiger partial charge in [-0.25, -0.2) is 0 Å². The largest absolute Gasteiger partial charge is 0.455 e. The van der Waals surface area contributed by atoms with Crippen molar-refractivity contribution in [2.75, 3.05) is 5.32 Å². The summed E-state index contributed by atoms with van der Waals surface area (Å²) in [6.45, 7) is -3.00. The van der Waals surface area contributed by atoms with Gasteiger partial charge in [0.2, 0.25) is 0 Å². The molecule has 0 fully saturated rings. The monoisotopic (exact) mass is 375 g/mol. The predicted molar refractivity (Wildman–Crippen MR) is 88.8 cm³/mol. The quantitative estimate of drug-likeness (QED) is 0.520. The Hall–Kier alpha value is -3.89. The van der Waals surface area contributed by atoms with Crippen LogP contribution in [0.3, 0.4) is 0 Å². The summed E-state index contributed by atoms with van der Waals surface area (Å²) in [5.41, 5.74) is -0.754. The van der Waals surface area contributed by atoms with Crippen molar-refractivity contribution in [1.29, 1.82) is 0 Å². The highest BCUT2D eigenvalue weighted by atomic mass is 19.3. The van der Waals surface area contributed by atoms with E-state index in [1.165, 1.54) is 18.5 Å². The molecule has 1 aromatic carbocycles. The van der Waals surface area contributed by atoms with Crippen molar-refractivity contribution < 1.29 is 23.2 Å². The van der Waals surface area contributed by atoms with Crippen LogP contribution in [0, 0.1) is 10.1 Å². The third-order valence-electron chi connectivity index (χ3n) is 3.32. The van der Waals surface area contributed by atoms with Crippen LogP contribution in [0.4, 0.5) is 20.2 Å². The topological polar surface area (TPSA) is 112 Å². The fourth-order valence-corrected chi connectivity index (χ4v) is 2.21. The van der Waals surface area contributed by atoms with E-state index in [4.69, 9.17) is 4.74 Å². The van der Waals surface area contributed by atoms with Crippen molar-refractivity contribution in [3.63, 3.8) is 0 Å². The fraction of sp³-hybridized carbons (Fsp3) is 0.0625. The van der Waals surface area contributed by atoms with Crippen LogP contribution in [0.1, 0.15) is 17.0 Å². The van der Waals surface area contributed by atoms with E-state index in [-0.39, 0.29) is 21.8 Å². The van der Waals surface area contributed by atoms with Gasteiger partial charge in [0.25, 0.3) is 11.6 Å². The molecule has 27 heavy (non-hydrogen) atoms. The van der Waals surface area contributed by atoms with Gasteiger partial charge in [0.1, 0.15) is 17.2 Å². The van der Waals surface area contributed by atoms with E-state index in [0.29, 0.717) is 5.75 Å². The van der Waals surface area contributed by atoms with Crippen LogP contribution < -0.4 is 10.1 Å². The lowest BCUT2D eigenvalue weighted by molar-refractivity contribution is -0.384. The van der Waals surface area contributed by atoms with Gasteiger partial charge in [0.15, 0.2) is 0 Å². The number of hydrogen-bond acceptors (Lipinski definition) is 6. The maximum Gasteiger partial charge on any atom is 0.333 e.